The van der Waals surface area contributed by atoms with Crippen LogP contribution in [0.25, 0.3) is 0 Å². The molecule has 118 valence electrons. The Morgan fingerprint density at radius 1 is 1.24 bits per heavy atom. The molecule has 0 bridgehead atoms. The number of rotatable bonds is 5. The van der Waals surface area contributed by atoms with Gasteiger partial charge in [0, 0.05) is 24.9 Å². The van der Waals surface area contributed by atoms with Crippen LogP contribution in [-0.2, 0) is 6.42 Å². The summed E-state index contributed by atoms with van der Waals surface area (Å²) in [4.78, 5) is 2.15. The SMILES string of the molecule is FC(F)(F)SCCN1CCCNC(Cc2ccccc2)C1. The van der Waals surface area contributed by atoms with Gasteiger partial charge in [0.25, 0.3) is 0 Å². The molecule has 0 aromatic heterocycles. The molecule has 1 unspecified atom stereocenters. The number of thioether (sulfide) groups is 1. The topological polar surface area (TPSA) is 15.3 Å². The van der Waals surface area contributed by atoms with Crippen LogP contribution in [0.1, 0.15) is 12.0 Å². The van der Waals surface area contributed by atoms with Crippen LogP contribution in [0.2, 0.25) is 0 Å². The molecule has 2 rings (SSSR count). The molecule has 6 heteroatoms. The molecule has 0 radical (unpaired) electrons. The molecule has 0 aliphatic carbocycles. The van der Waals surface area contributed by atoms with E-state index in [4.69, 9.17) is 0 Å². The van der Waals surface area contributed by atoms with Crippen LogP contribution in [0.5, 0.6) is 0 Å². The van der Waals surface area contributed by atoms with Crippen LogP contribution < -0.4 is 5.32 Å². The average molecular weight is 318 g/mol. The quantitative estimate of drug-likeness (QED) is 0.898. The molecule has 1 aliphatic heterocycles. The number of nitrogens with one attached hydrogen (secondary N) is 1. The van der Waals surface area contributed by atoms with Gasteiger partial charge in [0.15, 0.2) is 0 Å². The van der Waals surface area contributed by atoms with Crippen LogP contribution in [0.3, 0.4) is 0 Å². The molecular weight excluding hydrogens is 297 g/mol. The largest absolute Gasteiger partial charge is 0.441 e. The van der Waals surface area contributed by atoms with E-state index < -0.39 is 5.51 Å². The molecule has 2 nitrogen and oxygen atoms in total. The first-order valence-corrected chi connectivity index (χ1v) is 8.22. The van der Waals surface area contributed by atoms with Crippen molar-refractivity contribution in [3.8, 4) is 0 Å². The summed E-state index contributed by atoms with van der Waals surface area (Å²) >= 11 is 0.0772. The average Bonchev–Trinajstić information content (AvgIpc) is 2.64. The van der Waals surface area contributed by atoms with Gasteiger partial charge in [-0.15, -0.1) is 0 Å². The van der Waals surface area contributed by atoms with Crippen LogP contribution in [0.4, 0.5) is 13.2 Å². The maximum Gasteiger partial charge on any atom is 0.441 e. The molecule has 0 spiro atoms. The van der Waals surface area contributed by atoms with Gasteiger partial charge in [-0.3, -0.25) is 0 Å². The lowest BCUT2D eigenvalue weighted by Gasteiger charge is -2.24. The van der Waals surface area contributed by atoms with Crippen molar-refractivity contribution in [3.63, 3.8) is 0 Å². The fraction of sp³-hybridized carbons (Fsp3) is 0.600. The van der Waals surface area contributed by atoms with E-state index in [1.807, 2.05) is 18.2 Å². The van der Waals surface area contributed by atoms with Crippen molar-refractivity contribution in [2.24, 2.45) is 0 Å². The Morgan fingerprint density at radius 2 is 2.00 bits per heavy atom. The fourth-order valence-corrected chi connectivity index (χ4v) is 3.19. The number of benzene rings is 1. The van der Waals surface area contributed by atoms with Crippen molar-refractivity contribution in [2.75, 3.05) is 31.9 Å². The molecule has 21 heavy (non-hydrogen) atoms. The van der Waals surface area contributed by atoms with E-state index in [9.17, 15) is 13.2 Å². The Morgan fingerprint density at radius 3 is 2.71 bits per heavy atom. The second kappa shape index (κ2) is 8.06. The first-order valence-electron chi connectivity index (χ1n) is 7.23. The second-order valence-electron chi connectivity index (χ2n) is 5.29. The Bertz CT molecular complexity index is 411. The molecule has 1 atom stereocenters. The molecule has 1 N–H and O–H groups in total. The Balaban J connectivity index is 1.80. The lowest BCUT2D eigenvalue weighted by Crippen LogP contribution is -2.40. The van der Waals surface area contributed by atoms with E-state index in [0.29, 0.717) is 12.6 Å². The fourth-order valence-electron chi connectivity index (χ4n) is 2.61. The highest BCUT2D eigenvalue weighted by molar-refractivity contribution is 8.00. The number of hydrogen-bond donors (Lipinski definition) is 1. The maximum absolute atomic E-state index is 12.2. The van der Waals surface area contributed by atoms with Crippen LogP contribution in [0, 0.1) is 0 Å². The molecule has 1 aliphatic rings. The summed E-state index contributed by atoms with van der Waals surface area (Å²) < 4.78 is 36.6. The highest BCUT2D eigenvalue weighted by Crippen LogP contribution is 2.29. The summed E-state index contributed by atoms with van der Waals surface area (Å²) in [5.74, 6) is 0.113. The van der Waals surface area contributed by atoms with Gasteiger partial charge in [0.2, 0.25) is 0 Å². The van der Waals surface area contributed by atoms with Crippen molar-refractivity contribution in [1.82, 2.24) is 10.2 Å². The van der Waals surface area contributed by atoms with E-state index in [2.05, 4.69) is 22.3 Å². The van der Waals surface area contributed by atoms with Gasteiger partial charge in [-0.05, 0) is 43.3 Å². The predicted octanol–water partition coefficient (Wildman–Crippen LogP) is 3.15. The molecular formula is C15H21F3N2S. The molecule has 1 heterocycles. The van der Waals surface area contributed by atoms with Crippen LogP contribution in [-0.4, -0.2) is 48.4 Å². The summed E-state index contributed by atoms with van der Waals surface area (Å²) in [5.41, 5.74) is -2.85. The zero-order valence-corrected chi connectivity index (χ0v) is 12.7. The maximum atomic E-state index is 12.2. The molecule has 1 aromatic rings. The van der Waals surface area contributed by atoms with Gasteiger partial charge in [0.1, 0.15) is 0 Å². The van der Waals surface area contributed by atoms with Gasteiger partial charge >= 0.3 is 5.51 Å². The standard InChI is InChI=1S/C15H21F3N2S/c16-15(17,18)21-10-9-20-8-4-7-19-14(12-20)11-13-5-2-1-3-6-13/h1-3,5-6,14,19H,4,7-12H2. The smallest absolute Gasteiger partial charge is 0.312 e. The minimum absolute atomic E-state index is 0.0772. The summed E-state index contributed by atoms with van der Waals surface area (Å²) in [7, 11) is 0. The summed E-state index contributed by atoms with van der Waals surface area (Å²) in [6.07, 6.45) is 1.91. The van der Waals surface area contributed by atoms with Crippen molar-refractivity contribution >= 4 is 11.8 Å². The molecule has 1 saturated heterocycles. The van der Waals surface area contributed by atoms with Crippen LogP contribution >= 0.6 is 11.8 Å². The second-order valence-corrected chi connectivity index (χ2v) is 6.45. The third kappa shape index (κ3) is 6.72. The van der Waals surface area contributed by atoms with E-state index in [0.717, 1.165) is 32.5 Å². The Labute approximate surface area is 128 Å². The van der Waals surface area contributed by atoms with Gasteiger partial charge in [-0.2, -0.15) is 13.2 Å². The summed E-state index contributed by atoms with van der Waals surface area (Å²) in [6.45, 7) is 3.11. The Hall–Kier alpha value is -0.720. The summed E-state index contributed by atoms with van der Waals surface area (Å²) in [5, 5.41) is 3.50. The minimum atomic E-state index is -4.12. The first-order chi connectivity index (χ1) is 10.0. The Kier molecular flexibility index (Phi) is 6.39. The third-order valence-corrected chi connectivity index (χ3v) is 4.27. The van der Waals surface area contributed by atoms with E-state index in [-0.39, 0.29) is 17.5 Å². The van der Waals surface area contributed by atoms with Gasteiger partial charge in [-0.25, -0.2) is 0 Å². The van der Waals surface area contributed by atoms with Gasteiger partial charge < -0.3 is 10.2 Å². The molecule has 1 fully saturated rings. The summed E-state index contributed by atoms with van der Waals surface area (Å²) in [6, 6.07) is 10.5. The zero-order chi connectivity index (χ0) is 15.1. The van der Waals surface area contributed by atoms with Crippen molar-refractivity contribution in [3.05, 3.63) is 35.9 Å². The van der Waals surface area contributed by atoms with Gasteiger partial charge in [-0.1, -0.05) is 30.3 Å². The number of nitrogens with zero attached hydrogens (tertiary/aromatic N) is 1. The number of alkyl halides is 3. The first kappa shape index (κ1) is 16.6. The lowest BCUT2D eigenvalue weighted by molar-refractivity contribution is -0.0328. The lowest BCUT2D eigenvalue weighted by atomic mass is 10.1. The molecule has 1 aromatic carbocycles. The zero-order valence-electron chi connectivity index (χ0n) is 11.9. The predicted molar refractivity (Wildman–Crippen MR) is 81.5 cm³/mol. The van der Waals surface area contributed by atoms with E-state index in [1.54, 1.807) is 0 Å². The monoisotopic (exact) mass is 318 g/mol. The minimum Gasteiger partial charge on any atom is -0.312 e. The van der Waals surface area contributed by atoms with Crippen molar-refractivity contribution < 1.29 is 13.2 Å². The van der Waals surface area contributed by atoms with Crippen LogP contribution in [0.15, 0.2) is 30.3 Å². The highest BCUT2D eigenvalue weighted by Gasteiger charge is 2.28. The van der Waals surface area contributed by atoms with Gasteiger partial charge in [0.05, 0.1) is 0 Å². The van der Waals surface area contributed by atoms with E-state index >= 15 is 0 Å². The highest BCUT2D eigenvalue weighted by atomic mass is 32.2. The number of hydrogen-bond acceptors (Lipinski definition) is 3. The normalized spacial score (nSPS) is 21.2. The molecule has 0 amide bonds. The van der Waals surface area contributed by atoms with E-state index in [1.165, 1.54) is 5.56 Å². The van der Waals surface area contributed by atoms with Crippen molar-refractivity contribution in [1.29, 1.82) is 0 Å². The number of halogens is 3. The van der Waals surface area contributed by atoms with Crippen molar-refractivity contribution in [2.45, 2.75) is 24.4 Å². The molecule has 0 saturated carbocycles. The third-order valence-electron chi connectivity index (χ3n) is 3.56.